The van der Waals surface area contributed by atoms with E-state index in [2.05, 4.69) is 12.2 Å². The van der Waals surface area contributed by atoms with E-state index >= 15 is 0 Å². The Bertz CT molecular complexity index is 711. The van der Waals surface area contributed by atoms with Crippen molar-refractivity contribution in [2.75, 3.05) is 31.1 Å². The fourth-order valence-electron chi connectivity index (χ4n) is 3.78. The van der Waals surface area contributed by atoms with Gasteiger partial charge in [-0.2, -0.15) is 0 Å². The van der Waals surface area contributed by atoms with Crippen LogP contribution in [0.5, 0.6) is 0 Å². The lowest BCUT2D eigenvalue weighted by molar-refractivity contribution is -0.127. The number of piperidine rings is 1. The zero-order valence-electron chi connectivity index (χ0n) is 16.6. The maximum absolute atomic E-state index is 12.7. The summed E-state index contributed by atoms with van der Waals surface area (Å²) in [5.41, 5.74) is 2.07. The van der Waals surface area contributed by atoms with Crippen molar-refractivity contribution in [2.24, 2.45) is 5.92 Å². The molecule has 2 heterocycles. The zero-order chi connectivity index (χ0) is 20.1. The Morgan fingerprint density at radius 1 is 1.14 bits per heavy atom. The number of likely N-dealkylation sites (tertiary alicyclic amines) is 1. The van der Waals surface area contributed by atoms with Crippen LogP contribution in [0.4, 0.5) is 10.5 Å². The van der Waals surface area contributed by atoms with Crippen LogP contribution in [0.25, 0.3) is 0 Å². The van der Waals surface area contributed by atoms with Crippen LogP contribution in [-0.2, 0) is 20.7 Å². The van der Waals surface area contributed by atoms with Gasteiger partial charge in [0.1, 0.15) is 0 Å². The van der Waals surface area contributed by atoms with Crippen LogP contribution < -0.4 is 10.2 Å². The lowest BCUT2D eigenvalue weighted by atomic mass is 10.0. The van der Waals surface area contributed by atoms with Gasteiger partial charge >= 0.3 is 6.09 Å². The van der Waals surface area contributed by atoms with E-state index in [9.17, 15) is 14.4 Å². The third kappa shape index (κ3) is 4.64. The molecule has 0 radical (unpaired) electrons. The number of hydrogen-bond acceptors (Lipinski definition) is 4. The Kier molecular flexibility index (Phi) is 6.54. The summed E-state index contributed by atoms with van der Waals surface area (Å²) in [6.45, 7) is 5.80. The first-order valence-corrected chi connectivity index (χ1v) is 10.1. The molecule has 2 saturated heterocycles. The fourth-order valence-corrected chi connectivity index (χ4v) is 3.78. The number of hydrogen-bond donors (Lipinski definition) is 1. The monoisotopic (exact) mass is 387 g/mol. The standard InChI is InChI=1S/C21H29N3O4/c1-3-15-5-7-18(8-6-15)24-14-16(13-19(24)25)20(26)22-17-9-11-23(12-10-17)21(27)28-4-2/h5-8,16-17H,3-4,9-14H2,1-2H3,(H,22,26). The average molecular weight is 387 g/mol. The summed E-state index contributed by atoms with van der Waals surface area (Å²) < 4.78 is 5.02. The van der Waals surface area contributed by atoms with Gasteiger partial charge in [-0.15, -0.1) is 0 Å². The van der Waals surface area contributed by atoms with E-state index in [1.165, 1.54) is 5.56 Å². The van der Waals surface area contributed by atoms with Crippen molar-refractivity contribution in [1.29, 1.82) is 0 Å². The molecule has 7 heteroatoms. The first-order valence-electron chi connectivity index (χ1n) is 10.1. The molecule has 1 N–H and O–H groups in total. The molecule has 1 unspecified atom stereocenters. The molecule has 3 rings (SSSR count). The van der Waals surface area contributed by atoms with Crippen LogP contribution in [0.3, 0.4) is 0 Å². The predicted molar refractivity (Wildman–Crippen MR) is 106 cm³/mol. The van der Waals surface area contributed by atoms with Crippen LogP contribution in [0, 0.1) is 5.92 Å². The second-order valence-corrected chi connectivity index (χ2v) is 7.39. The normalized spacial score (nSPS) is 20.4. The van der Waals surface area contributed by atoms with Gasteiger partial charge in [0.25, 0.3) is 0 Å². The van der Waals surface area contributed by atoms with Gasteiger partial charge in [0.2, 0.25) is 11.8 Å². The molecule has 0 aromatic heterocycles. The molecular weight excluding hydrogens is 358 g/mol. The predicted octanol–water partition coefficient (Wildman–Crippen LogP) is 2.34. The molecule has 0 saturated carbocycles. The van der Waals surface area contributed by atoms with Crippen LogP contribution >= 0.6 is 0 Å². The van der Waals surface area contributed by atoms with Crippen molar-refractivity contribution in [3.8, 4) is 0 Å². The second kappa shape index (κ2) is 9.08. The Balaban J connectivity index is 1.50. The molecule has 152 valence electrons. The molecule has 28 heavy (non-hydrogen) atoms. The number of carbonyl (C=O) groups is 3. The molecule has 7 nitrogen and oxygen atoms in total. The van der Waals surface area contributed by atoms with Crippen molar-refractivity contribution in [3.05, 3.63) is 29.8 Å². The number of aryl methyl sites for hydroxylation is 1. The maximum Gasteiger partial charge on any atom is 0.409 e. The highest BCUT2D eigenvalue weighted by atomic mass is 16.6. The van der Waals surface area contributed by atoms with Gasteiger partial charge in [0, 0.05) is 37.8 Å². The lowest BCUT2D eigenvalue weighted by Crippen LogP contribution is -2.48. The number of anilines is 1. The number of nitrogens with one attached hydrogen (secondary N) is 1. The van der Waals surface area contributed by atoms with E-state index in [-0.39, 0.29) is 36.3 Å². The summed E-state index contributed by atoms with van der Waals surface area (Å²) in [5.74, 6) is -0.418. The summed E-state index contributed by atoms with van der Waals surface area (Å²) in [6, 6.07) is 7.97. The maximum atomic E-state index is 12.7. The Morgan fingerprint density at radius 3 is 2.43 bits per heavy atom. The number of nitrogens with zero attached hydrogens (tertiary/aromatic N) is 2. The molecule has 2 aliphatic heterocycles. The van der Waals surface area contributed by atoms with Gasteiger partial charge < -0.3 is 19.9 Å². The van der Waals surface area contributed by atoms with Crippen molar-refractivity contribution in [1.82, 2.24) is 10.2 Å². The molecule has 2 aliphatic rings. The molecule has 0 bridgehead atoms. The van der Waals surface area contributed by atoms with E-state index in [0.29, 0.717) is 39.1 Å². The Labute approximate surface area is 166 Å². The second-order valence-electron chi connectivity index (χ2n) is 7.39. The third-order valence-corrected chi connectivity index (χ3v) is 5.52. The fraction of sp³-hybridized carbons (Fsp3) is 0.571. The number of carbonyl (C=O) groups excluding carboxylic acids is 3. The van der Waals surface area contributed by atoms with Crippen molar-refractivity contribution >= 4 is 23.6 Å². The molecule has 1 atom stereocenters. The summed E-state index contributed by atoms with van der Waals surface area (Å²) in [5, 5.41) is 3.07. The number of amides is 3. The molecule has 1 aromatic rings. The summed E-state index contributed by atoms with van der Waals surface area (Å²) in [4.78, 5) is 40.2. The van der Waals surface area contributed by atoms with Crippen LogP contribution in [0.2, 0.25) is 0 Å². The SMILES string of the molecule is CCOC(=O)N1CCC(NC(=O)C2CC(=O)N(c3ccc(CC)cc3)C2)CC1. The quantitative estimate of drug-likeness (QED) is 0.841. The minimum atomic E-state index is -0.332. The first-order chi connectivity index (χ1) is 13.5. The van der Waals surface area contributed by atoms with E-state index in [1.807, 2.05) is 24.3 Å². The zero-order valence-corrected chi connectivity index (χ0v) is 16.6. The highest BCUT2D eigenvalue weighted by Crippen LogP contribution is 2.26. The molecule has 0 aliphatic carbocycles. The van der Waals surface area contributed by atoms with Gasteiger partial charge in [0.15, 0.2) is 0 Å². The third-order valence-electron chi connectivity index (χ3n) is 5.52. The van der Waals surface area contributed by atoms with Crippen molar-refractivity contribution < 1.29 is 19.1 Å². The minimum Gasteiger partial charge on any atom is -0.450 e. The summed E-state index contributed by atoms with van der Waals surface area (Å²) in [6.07, 6.45) is 2.30. The highest BCUT2D eigenvalue weighted by Gasteiger charge is 2.36. The van der Waals surface area contributed by atoms with Gasteiger partial charge in [0.05, 0.1) is 12.5 Å². The minimum absolute atomic E-state index is 0.0125. The number of ether oxygens (including phenoxy) is 1. The van der Waals surface area contributed by atoms with Gasteiger partial charge in [-0.1, -0.05) is 19.1 Å². The topological polar surface area (TPSA) is 79.0 Å². The summed E-state index contributed by atoms with van der Waals surface area (Å²) in [7, 11) is 0. The molecule has 0 spiro atoms. The van der Waals surface area contributed by atoms with Crippen LogP contribution in [0.15, 0.2) is 24.3 Å². The van der Waals surface area contributed by atoms with E-state index in [4.69, 9.17) is 4.74 Å². The smallest absolute Gasteiger partial charge is 0.409 e. The van der Waals surface area contributed by atoms with Gasteiger partial charge in [-0.25, -0.2) is 4.79 Å². The van der Waals surface area contributed by atoms with Gasteiger partial charge in [-0.05, 0) is 43.9 Å². The number of benzene rings is 1. The van der Waals surface area contributed by atoms with E-state index < -0.39 is 0 Å². The molecule has 3 amide bonds. The Hall–Kier alpha value is -2.57. The highest BCUT2D eigenvalue weighted by molar-refractivity contribution is 6.00. The first kappa shape index (κ1) is 20.2. The van der Waals surface area contributed by atoms with Crippen LogP contribution in [0.1, 0.15) is 38.7 Å². The molecule has 1 aromatic carbocycles. The van der Waals surface area contributed by atoms with Gasteiger partial charge in [-0.3, -0.25) is 9.59 Å². The van der Waals surface area contributed by atoms with E-state index in [1.54, 1.807) is 16.7 Å². The van der Waals surface area contributed by atoms with E-state index in [0.717, 1.165) is 12.1 Å². The average Bonchev–Trinajstić information content (AvgIpc) is 3.10. The lowest BCUT2D eigenvalue weighted by Gasteiger charge is -2.32. The van der Waals surface area contributed by atoms with Crippen LogP contribution in [-0.4, -0.2) is 55.1 Å². The summed E-state index contributed by atoms with van der Waals surface area (Å²) >= 11 is 0. The molecular formula is C21H29N3O4. The van der Waals surface area contributed by atoms with Crippen molar-refractivity contribution in [2.45, 2.75) is 45.6 Å². The molecule has 2 fully saturated rings. The number of rotatable bonds is 5. The largest absolute Gasteiger partial charge is 0.450 e. The van der Waals surface area contributed by atoms with Crippen molar-refractivity contribution in [3.63, 3.8) is 0 Å². The Morgan fingerprint density at radius 2 is 1.82 bits per heavy atom.